The molecule has 0 saturated carbocycles. The number of fused-ring (bicyclic) bond motifs is 1. The fourth-order valence-corrected chi connectivity index (χ4v) is 2.39. The van der Waals surface area contributed by atoms with Crippen LogP contribution < -0.4 is 0 Å². The van der Waals surface area contributed by atoms with Crippen LogP contribution in [-0.4, -0.2) is 9.55 Å². The molecule has 3 aromatic rings. The van der Waals surface area contributed by atoms with Crippen molar-refractivity contribution in [1.82, 2.24) is 9.55 Å². The van der Waals surface area contributed by atoms with Gasteiger partial charge in [0, 0.05) is 41.1 Å². The molecule has 0 aliphatic carbocycles. The molecule has 0 amide bonds. The summed E-state index contributed by atoms with van der Waals surface area (Å²) in [7, 11) is 0. The standard InChI is InChI=1S/C15H13ClN2/c1-11-6-12(9-17-8-11)10-18-5-4-13-7-14(16)2-3-15(13)18/h2-9H,10H2,1H3. The average molecular weight is 257 g/mol. The van der Waals surface area contributed by atoms with Gasteiger partial charge >= 0.3 is 0 Å². The predicted molar refractivity (Wildman–Crippen MR) is 75.0 cm³/mol. The summed E-state index contributed by atoms with van der Waals surface area (Å²) in [4.78, 5) is 4.22. The Hall–Kier alpha value is -1.80. The molecular formula is C15H13ClN2. The quantitative estimate of drug-likeness (QED) is 0.676. The first-order valence-corrected chi connectivity index (χ1v) is 6.25. The van der Waals surface area contributed by atoms with Crippen molar-refractivity contribution in [2.75, 3.05) is 0 Å². The molecule has 2 aromatic heterocycles. The van der Waals surface area contributed by atoms with Crippen molar-refractivity contribution in [2.24, 2.45) is 0 Å². The summed E-state index contributed by atoms with van der Waals surface area (Å²) in [5, 5.41) is 1.94. The molecule has 0 bridgehead atoms. The fraction of sp³-hybridized carbons (Fsp3) is 0.133. The van der Waals surface area contributed by atoms with E-state index in [-0.39, 0.29) is 0 Å². The van der Waals surface area contributed by atoms with E-state index in [4.69, 9.17) is 11.6 Å². The van der Waals surface area contributed by atoms with E-state index in [0.717, 1.165) is 11.6 Å². The van der Waals surface area contributed by atoms with E-state index in [1.54, 1.807) is 0 Å². The number of nitrogens with zero attached hydrogens (tertiary/aromatic N) is 2. The van der Waals surface area contributed by atoms with Crippen molar-refractivity contribution >= 4 is 22.5 Å². The first-order chi connectivity index (χ1) is 8.72. The normalized spacial score (nSPS) is 11.0. The lowest BCUT2D eigenvalue weighted by Gasteiger charge is -2.06. The van der Waals surface area contributed by atoms with Crippen LogP contribution in [-0.2, 0) is 6.54 Å². The van der Waals surface area contributed by atoms with Gasteiger partial charge in [0.2, 0.25) is 0 Å². The van der Waals surface area contributed by atoms with E-state index in [2.05, 4.69) is 40.9 Å². The summed E-state index contributed by atoms with van der Waals surface area (Å²) in [5.74, 6) is 0. The van der Waals surface area contributed by atoms with Crippen LogP contribution in [0.25, 0.3) is 10.9 Å². The molecule has 2 heterocycles. The molecule has 0 spiro atoms. The minimum atomic E-state index is 0.775. The smallest absolute Gasteiger partial charge is 0.0491 e. The van der Waals surface area contributed by atoms with Crippen LogP contribution in [0.5, 0.6) is 0 Å². The fourth-order valence-electron chi connectivity index (χ4n) is 2.21. The second-order valence-electron chi connectivity index (χ2n) is 4.52. The van der Waals surface area contributed by atoms with Gasteiger partial charge < -0.3 is 4.57 Å². The first-order valence-electron chi connectivity index (χ1n) is 5.87. The van der Waals surface area contributed by atoms with E-state index in [9.17, 15) is 0 Å². The molecule has 18 heavy (non-hydrogen) atoms. The summed E-state index contributed by atoms with van der Waals surface area (Å²) >= 11 is 5.99. The van der Waals surface area contributed by atoms with Crippen LogP contribution in [0.3, 0.4) is 0 Å². The molecule has 2 nitrogen and oxygen atoms in total. The van der Waals surface area contributed by atoms with Gasteiger partial charge in [0.25, 0.3) is 0 Å². The Morgan fingerprint density at radius 3 is 2.89 bits per heavy atom. The van der Waals surface area contributed by atoms with E-state index in [1.807, 2.05) is 24.5 Å². The molecule has 0 fully saturated rings. The Morgan fingerprint density at radius 1 is 1.17 bits per heavy atom. The van der Waals surface area contributed by atoms with Gasteiger partial charge in [-0.3, -0.25) is 4.98 Å². The van der Waals surface area contributed by atoms with Gasteiger partial charge in [-0.15, -0.1) is 0 Å². The summed E-state index contributed by atoms with van der Waals surface area (Å²) in [6.45, 7) is 2.89. The van der Waals surface area contributed by atoms with E-state index in [0.29, 0.717) is 0 Å². The number of aryl methyl sites for hydroxylation is 1. The van der Waals surface area contributed by atoms with Gasteiger partial charge in [-0.05, 0) is 42.3 Å². The number of benzene rings is 1. The average Bonchev–Trinajstić information content (AvgIpc) is 2.72. The van der Waals surface area contributed by atoms with E-state index < -0.39 is 0 Å². The monoisotopic (exact) mass is 256 g/mol. The van der Waals surface area contributed by atoms with Gasteiger partial charge in [-0.1, -0.05) is 17.7 Å². The summed E-state index contributed by atoms with van der Waals surface area (Å²) < 4.78 is 2.21. The SMILES string of the molecule is Cc1cncc(Cn2ccc3cc(Cl)ccc32)c1. The number of hydrogen-bond acceptors (Lipinski definition) is 1. The van der Waals surface area contributed by atoms with Crippen LogP contribution in [0.1, 0.15) is 11.1 Å². The zero-order valence-electron chi connectivity index (χ0n) is 10.1. The van der Waals surface area contributed by atoms with Crippen molar-refractivity contribution < 1.29 is 0 Å². The minimum Gasteiger partial charge on any atom is -0.343 e. The molecule has 0 atom stereocenters. The molecule has 0 N–H and O–H groups in total. The third-order valence-corrected chi connectivity index (χ3v) is 3.25. The lowest BCUT2D eigenvalue weighted by Crippen LogP contribution is -1.98. The summed E-state index contributed by atoms with van der Waals surface area (Å²) in [6, 6.07) is 10.2. The number of halogens is 1. The van der Waals surface area contributed by atoms with Crippen molar-refractivity contribution in [3.8, 4) is 0 Å². The Morgan fingerprint density at radius 2 is 2.06 bits per heavy atom. The molecule has 0 aliphatic heterocycles. The van der Waals surface area contributed by atoms with Crippen LogP contribution >= 0.6 is 11.6 Å². The van der Waals surface area contributed by atoms with Crippen molar-refractivity contribution in [1.29, 1.82) is 0 Å². The maximum absolute atomic E-state index is 5.99. The first kappa shape index (κ1) is 11.3. The number of hydrogen-bond donors (Lipinski definition) is 0. The van der Waals surface area contributed by atoms with Crippen LogP contribution in [0.4, 0.5) is 0 Å². The second-order valence-corrected chi connectivity index (χ2v) is 4.95. The highest BCUT2D eigenvalue weighted by atomic mass is 35.5. The van der Waals surface area contributed by atoms with Gasteiger partial charge in [0.1, 0.15) is 0 Å². The Kier molecular flexibility index (Phi) is 2.80. The van der Waals surface area contributed by atoms with E-state index in [1.165, 1.54) is 22.0 Å². The van der Waals surface area contributed by atoms with Crippen LogP contribution in [0.2, 0.25) is 5.02 Å². The highest BCUT2D eigenvalue weighted by molar-refractivity contribution is 6.31. The second kappa shape index (κ2) is 4.46. The molecule has 1 aromatic carbocycles. The zero-order valence-corrected chi connectivity index (χ0v) is 10.9. The third-order valence-electron chi connectivity index (χ3n) is 3.02. The van der Waals surface area contributed by atoms with Crippen LogP contribution in [0, 0.1) is 6.92 Å². The van der Waals surface area contributed by atoms with Crippen molar-refractivity contribution in [3.05, 3.63) is 65.1 Å². The van der Waals surface area contributed by atoms with Crippen LogP contribution in [0.15, 0.2) is 48.9 Å². The molecule has 90 valence electrons. The third kappa shape index (κ3) is 2.12. The molecule has 3 heteroatoms. The van der Waals surface area contributed by atoms with Gasteiger partial charge in [-0.25, -0.2) is 0 Å². The highest BCUT2D eigenvalue weighted by Gasteiger charge is 2.02. The van der Waals surface area contributed by atoms with Crippen molar-refractivity contribution in [3.63, 3.8) is 0 Å². The zero-order chi connectivity index (χ0) is 12.5. The highest BCUT2D eigenvalue weighted by Crippen LogP contribution is 2.21. The Balaban J connectivity index is 2.00. The van der Waals surface area contributed by atoms with E-state index >= 15 is 0 Å². The van der Waals surface area contributed by atoms with Gasteiger partial charge in [0.15, 0.2) is 0 Å². The maximum Gasteiger partial charge on any atom is 0.0491 e. The molecular weight excluding hydrogens is 244 g/mol. The summed E-state index contributed by atoms with van der Waals surface area (Å²) in [6.07, 6.45) is 5.87. The largest absolute Gasteiger partial charge is 0.343 e. The van der Waals surface area contributed by atoms with Crippen molar-refractivity contribution in [2.45, 2.75) is 13.5 Å². The number of pyridine rings is 1. The lowest BCUT2D eigenvalue weighted by atomic mass is 10.2. The Bertz CT molecular complexity index is 701. The molecule has 3 rings (SSSR count). The number of aromatic nitrogens is 2. The molecule has 0 aliphatic rings. The molecule has 0 unspecified atom stereocenters. The summed E-state index contributed by atoms with van der Waals surface area (Å²) in [5.41, 5.74) is 3.59. The minimum absolute atomic E-state index is 0.775. The topological polar surface area (TPSA) is 17.8 Å². The number of rotatable bonds is 2. The lowest BCUT2D eigenvalue weighted by molar-refractivity contribution is 0.830. The molecule has 0 saturated heterocycles. The molecule has 0 radical (unpaired) electrons. The maximum atomic E-state index is 5.99. The van der Waals surface area contributed by atoms with Gasteiger partial charge in [-0.2, -0.15) is 0 Å². The predicted octanol–water partition coefficient (Wildman–Crippen LogP) is 4.05. The van der Waals surface area contributed by atoms with Gasteiger partial charge in [0.05, 0.1) is 0 Å². The Labute approximate surface area is 111 Å².